The van der Waals surface area contributed by atoms with Gasteiger partial charge in [-0.2, -0.15) is 4.31 Å². The summed E-state index contributed by atoms with van der Waals surface area (Å²) in [7, 11) is -2.45. The van der Waals surface area contributed by atoms with E-state index >= 15 is 0 Å². The van der Waals surface area contributed by atoms with Gasteiger partial charge in [-0.3, -0.25) is 0 Å². The zero-order chi connectivity index (χ0) is 19.4. The van der Waals surface area contributed by atoms with Crippen LogP contribution in [0.15, 0.2) is 57.2 Å². The summed E-state index contributed by atoms with van der Waals surface area (Å²) in [4.78, 5) is 13.7. The molecule has 7 nitrogen and oxygen atoms in total. The number of morpholine rings is 1. The van der Waals surface area contributed by atoms with Crippen LogP contribution in [0.25, 0.3) is 0 Å². The van der Waals surface area contributed by atoms with Gasteiger partial charge in [0.1, 0.15) is 0 Å². The second-order valence-electron chi connectivity index (χ2n) is 5.81. The fourth-order valence-electron chi connectivity index (χ4n) is 2.66. The highest BCUT2D eigenvalue weighted by Crippen LogP contribution is 2.35. The van der Waals surface area contributed by atoms with Crippen molar-refractivity contribution in [1.82, 2.24) is 4.31 Å². The van der Waals surface area contributed by atoms with E-state index < -0.39 is 16.0 Å². The highest BCUT2D eigenvalue weighted by atomic mass is 32.2. The van der Waals surface area contributed by atoms with E-state index in [1.807, 2.05) is 18.2 Å². The minimum absolute atomic E-state index is 0.0511. The van der Waals surface area contributed by atoms with Crippen molar-refractivity contribution in [2.45, 2.75) is 14.7 Å². The second kappa shape index (κ2) is 8.30. The third-order valence-electron chi connectivity index (χ3n) is 4.10. The molecule has 9 heteroatoms. The molecule has 2 aromatic carbocycles. The van der Waals surface area contributed by atoms with Gasteiger partial charge in [0.2, 0.25) is 10.0 Å². The average Bonchev–Trinajstić information content (AvgIpc) is 2.70. The summed E-state index contributed by atoms with van der Waals surface area (Å²) in [6, 6.07) is 11.7. The molecule has 0 aliphatic carbocycles. The van der Waals surface area contributed by atoms with Crippen molar-refractivity contribution < 1.29 is 22.7 Å². The van der Waals surface area contributed by atoms with E-state index in [2.05, 4.69) is 0 Å². The SMILES string of the molecule is COC(=O)c1cc(S(=O)(=O)N2CCOCC2)ccc1Sc1ccccc1N. The molecule has 1 heterocycles. The lowest BCUT2D eigenvalue weighted by atomic mass is 10.2. The fraction of sp³-hybridized carbons (Fsp3) is 0.278. The fourth-order valence-corrected chi connectivity index (χ4v) is 5.05. The zero-order valence-electron chi connectivity index (χ0n) is 14.8. The van der Waals surface area contributed by atoms with Crippen LogP contribution in [-0.2, 0) is 19.5 Å². The number of carbonyl (C=O) groups excluding carboxylic acids is 1. The van der Waals surface area contributed by atoms with E-state index in [0.29, 0.717) is 23.8 Å². The van der Waals surface area contributed by atoms with Gasteiger partial charge in [-0.25, -0.2) is 13.2 Å². The summed E-state index contributed by atoms with van der Waals surface area (Å²) in [6.07, 6.45) is 0. The van der Waals surface area contributed by atoms with Crippen LogP contribution in [0.3, 0.4) is 0 Å². The first kappa shape index (κ1) is 19.7. The Morgan fingerprint density at radius 3 is 2.52 bits per heavy atom. The summed E-state index contributed by atoms with van der Waals surface area (Å²) in [5.41, 5.74) is 6.73. The molecule has 2 aromatic rings. The number of para-hydroxylation sites is 1. The average molecular weight is 409 g/mol. The summed E-state index contributed by atoms with van der Waals surface area (Å²) in [5.74, 6) is -0.606. The molecule has 0 spiro atoms. The number of nitrogens with zero attached hydrogens (tertiary/aromatic N) is 1. The first-order chi connectivity index (χ1) is 12.9. The predicted octanol–water partition coefficient (Wildman–Crippen LogP) is 2.23. The van der Waals surface area contributed by atoms with Crippen LogP contribution < -0.4 is 5.73 Å². The summed E-state index contributed by atoms with van der Waals surface area (Å²) in [5, 5.41) is 0. The van der Waals surface area contributed by atoms with E-state index in [1.165, 1.54) is 35.3 Å². The second-order valence-corrected chi connectivity index (χ2v) is 8.83. The summed E-state index contributed by atoms with van der Waals surface area (Å²) < 4.78 is 37.1. The van der Waals surface area contributed by atoms with Crippen molar-refractivity contribution in [1.29, 1.82) is 0 Å². The topological polar surface area (TPSA) is 98.9 Å². The van der Waals surface area contributed by atoms with Crippen molar-refractivity contribution in [3.63, 3.8) is 0 Å². The number of ether oxygens (including phenoxy) is 2. The van der Waals surface area contributed by atoms with E-state index in [0.717, 1.165) is 4.90 Å². The van der Waals surface area contributed by atoms with Gasteiger partial charge in [0.25, 0.3) is 0 Å². The Kier molecular flexibility index (Phi) is 6.05. The molecule has 0 atom stereocenters. The summed E-state index contributed by atoms with van der Waals surface area (Å²) >= 11 is 1.29. The van der Waals surface area contributed by atoms with Gasteiger partial charge in [0, 0.05) is 28.6 Å². The molecule has 144 valence electrons. The quantitative estimate of drug-likeness (QED) is 0.598. The molecule has 0 unspecified atom stereocenters. The van der Waals surface area contributed by atoms with Gasteiger partial charge in [-0.05, 0) is 30.3 Å². The van der Waals surface area contributed by atoms with Crippen molar-refractivity contribution >= 4 is 33.4 Å². The maximum atomic E-state index is 12.9. The highest BCUT2D eigenvalue weighted by Gasteiger charge is 2.28. The number of hydrogen-bond acceptors (Lipinski definition) is 7. The Labute approximate surface area is 162 Å². The number of nitrogen functional groups attached to an aromatic ring is 1. The Morgan fingerprint density at radius 2 is 1.85 bits per heavy atom. The Hall–Kier alpha value is -2.07. The molecule has 1 aliphatic rings. The molecule has 0 radical (unpaired) electrons. The maximum absolute atomic E-state index is 12.9. The lowest BCUT2D eigenvalue weighted by Crippen LogP contribution is -2.40. The lowest BCUT2D eigenvalue weighted by molar-refractivity contribution is 0.0596. The van der Waals surface area contributed by atoms with Crippen LogP contribution in [-0.4, -0.2) is 52.1 Å². The van der Waals surface area contributed by atoms with E-state index in [-0.39, 0.29) is 23.5 Å². The Bertz CT molecular complexity index is 941. The number of methoxy groups -OCH3 is 1. The van der Waals surface area contributed by atoms with E-state index in [4.69, 9.17) is 15.2 Å². The number of sulfonamides is 1. The first-order valence-electron chi connectivity index (χ1n) is 8.26. The molecule has 3 rings (SSSR count). The lowest BCUT2D eigenvalue weighted by Gasteiger charge is -2.26. The van der Waals surface area contributed by atoms with Gasteiger partial charge < -0.3 is 15.2 Å². The van der Waals surface area contributed by atoms with E-state index in [9.17, 15) is 13.2 Å². The molecule has 0 aromatic heterocycles. The van der Waals surface area contributed by atoms with Crippen LogP contribution in [0.5, 0.6) is 0 Å². The molecule has 1 aliphatic heterocycles. The van der Waals surface area contributed by atoms with Crippen LogP contribution >= 0.6 is 11.8 Å². The number of anilines is 1. The van der Waals surface area contributed by atoms with Crippen LogP contribution in [0.2, 0.25) is 0 Å². The summed E-state index contributed by atoms with van der Waals surface area (Å²) in [6.45, 7) is 1.27. The van der Waals surface area contributed by atoms with Crippen molar-refractivity contribution in [3.8, 4) is 0 Å². The Morgan fingerprint density at radius 1 is 1.15 bits per heavy atom. The molecule has 1 fully saturated rings. The monoisotopic (exact) mass is 408 g/mol. The maximum Gasteiger partial charge on any atom is 0.339 e. The van der Waals surface area contributed by atoms with Gasteiger partial charge in [-0.1, -0.05) is 23.9 Å². The van der Waals surface area contributed by atoms with Crippen LogP contribution in [0.1, 0.15) is 10.4 Å². The zero-order valence-corrected chi connectivity index (χ0v) is 16.4. The minimum Gasteiger partial charge on any atom is -0.465 e. The molecule has 1 saturated heterocycles. The first-order valence-corrected chi connectivity index (χ1v) is 10.5. The molecule has 0 bridgehead atoms. The number of hydrogen-bond donors (Lipinski definition) is 1. The van der Waals surface area contributed by atoms with Gasteiger partial charge in [0.05, 0.1) is 30.8 Å². The van der Waals surface area contributed by atoms with Crippen LogP contribution in [0.4, 0.5) is 5.69 Å². The van der Waals surface area contributed by atoms with Gasteiger partial charge >= 0.3 is 5.97 Å². The number of esters is 1. The molecule has 2 N–H and O–H groups in total. The number of nitrogens with two attached hydrogens (primary N) is 1. The highest BCUT2D eigenvalue weighted by molar-refractivity contribution is 7.99. The predicted molar refractivity (Wildman–Crippen MR) is 102 cm³/mol. The largest absolute Gasteiger partial charge is 0.465 e. The van der Waals surface area contributed by atoms with Gasteiger partial charge in [-0.15, -0.1) is 0 Å². The van der Waals surface area contributed by atoms with Crippen molar-refractivity contribution in [2.24, 2.45) is 0 Å². The molecule has 27 heavy (non-hydrogen) atoms. The van der Waals surface area contributed by atoms with Gasteiger partial charge in [0.15, 0.2) is 0 Å². The Balaban J connectivity index is 1.99. The number of rotatable bonds is 5. The smallest absolute Gasteiger partial charge is 0.339 e. The number of carbonyl (C=O) groups is 1. The molecular weight excluding hydrogens is 388 g/mol. The molecular formula is C18H20N2O5S2. The van der Waals surface area contributed by atoms with E-state index in [1.54, 1.807) is 12.1 Å². The van der Waals surface area contributed by atoms with Crippen LogP contribution in [0, 0.1) is 0 Å². The normalized spacial score (nSPS) is 15.4. The molecule has 0 saturated carbocycles. The minimum atomic E-state index is -3.71. The van der Waals surface area contributed by atoms with Crippen molar-refractivity contribution in [2.75, 3.05) is 39.1 Å². The van der Waals surface area contributed by atoms with Crippen molar-refractivity contribution in [3.05, 3.63) is 48.0 Å². The standard InChI is InChI=1S/C18H20N2O5S2/c1-24-18(21)14-12-13(27(22,23)20-8-10-25-11-9-20)6-7-16(14)26-17-5-3-2-4-15(17)19/h2-7,12H,8-11,19H2,1H3. The number of benzene rings is 2. The third-order valence-corrected chi connectivity index (χ3v) is 7.17. The third kappa shape index (κ3) is 4.27. The molecule has 0 amide bonds.